The third-order valence-corrected chi connectivity index (χ3v) is 3.78. The first kappa shape index (κ1) is 14.9. The molecule has 0 bridgehead atoms. The highest BCUT2D eigenvalue weighted by molar-refractivity contribution is 6.32. The van der Waals surface area contributed by atoms with Crippen LogP contribution in [0.15, 0.2) is 36.4 Å². The van der Waals surface area contributed by atoms with Crippen molar-refractivity contribution in [1.82, 2.24) is 5.43 Å². The lowest BCUT2D eigenvalue weighted by Gasteiger charge is -2.19. The second-order valence-electron chi connectivity index (χ2n) is 4.60. The number of hydrazine groups is 1. The van der Waals surface area contributed by atoms with Gasteiger partial charge in [-0.2, -0.15) is 0 Å². The summed E-state index contributed by atoms with van der Waals surface area (Å²) in [7, 11) is 0. The molecule has 0 saturated carbocycles. The van der Waals surface area contributed by atoms with Crippen LogP contribution in [-0.2, 0) is 6.42 Å². The van der Waals surface area contributed by atoms with E-state index in [1.807, 2.05) is 19.1 Å². The zero-order chi connectivity index (χ0) is 14.7. The minimum atomic E-state index is -0.589. The molecule has 106 valence electrons. The van der Waals surface area contributed by atoms with Gasteiger partial charge in [0.25, 0.3) is 0 Å². The Hall–Kier alpha value is -1.49. The summed E-state index contributed by atoms with van der Waals surface area (Å²) in [5.74, 6) is 4.34. The highest BCUT2D eigenvalue weighted by atomic mass is 35.5. The molecule has 3 N–H and O–H groups in total. The number of hydrogen-bond donors (Lipinski definition) is 2. The summed E-state index contributed by atoms with van der Waals surface area (Å²) in [6, 6.07) is 8.81. The van der Waals surface area contributed by atoms with E-state index in [0.29, 0.717) is 5.02 Å². The van der Waals surface area contributed by atoms with Crippen molar-refractivity contribution in [3.05, 3.63) is 69.7 Å². The van der Waals surface area contributed by atoms with Gasteiger partial charge in [-0.3, -0.25) is 11.3 Å². The van der Waals surface area contributed by atoms with Gasteiger partial charge in [-0.25, -0.2) is 8.78 Å². The fourth-order valence-electron chi connectivity index (χ4n) is 2.13. The van der Waals surface area contributed by atoms with Crippen molar-refractivity contribution in [2.75, 3.05) is 0 Å². The van der Waals surface area contributed by atoms with Crippen molar-refractivity contribution in [2.24, 2.45) is 5.84 Å². The van der Waals surface area contributed by atoms with Gasteiger partial charge in [0.2, 0.25) is 0 Å². The third-order valence-electron chi connectivity index (χ3n) is 3.27. The van der Waals surface area contributed by atoms with Gasteiger partial charge in [0.05, 0.1) is 6.04 Å². The average molecular weight is 297 g/mol. The molecule has 0 radical (unpaired) electrons. The van der Waals surface area contributed by atoms with Crippen molar-refractivity contribution >= 4 is 11.6 Å². The number of rotatable bonds is 4. The van der Waals surface area contributed by atoms with Crippen LogP contribution < -0.4 is 11.3 Å². The summed E-state index contributed by atoms with van der Waals surface area (Å²) >= 11 is 6.23. The maximum atomic E-state index is 13.7. The summed E-state index contributed by atoms with van der Waals surface area (Å²) < 4.78 is 27.4. The van der Waals surface area contributed by atoms with E-state index in [0.717, 1.165) is 11.1 Å². The molecule has 1 unspecified atom stereocenters. The molecule has 5 heteroatoms. The van der Waals surface area contributed by atoms with Crippen LogP contribution in [0.2, 0.25) is 5.02 Å². The summed E-state index contributed by atoms with van der Waals surface area (Å²) in [6.45, 7) is 1.86. The first-order valence-electron chi connectivity index (χ1n) is 6.18. The number of nitrogens with two attached hydrogens (primary N) is 1. The van der Waals surface area contributed by atoms with Gasteiger partial charge in [-0.05, 0) is 36.6 Å². The summed E-state index contributed by atoms with van der Waals surface area (Å²) in [4.78, 5) is 0. The summed E-state index contributed by atoms with van der Waals surface area (Å²) in [6.07, 6.45) is 0.0815. The van der Waals surface area contributed by atoms with E-state index < -0.39 is 17.7 Å². The van der Waals surface area contributed by atoms with Gasteiger partial charge in [0, 0.05) is 10.6 Å². The number of benzene rings is 2. The molecule has 0 aliphatic heterocycles. The van der Waals surface area contributed by atoms with Gasteiger partial charge in [0.1, 0.15) is 11.6 Å². The molecular formula is C15H15ClF2N2. The van der Waals surface area contributed by atoms with Crippen LogP contribution in [0, 0.1) is 18.6 Å². The van der Waals surface area contributed by atoms with Crippen molar-refractivity contribution in [3.63, 3.8) is 0 Å². The van der Waals surface area contributed by atoms with Gasteiger partial charge in [-0.15, -0.1) is 0 Å². The van der Waals surface area contributed by atoms with Gasteiger partial charge >= 0.3 is 0 Å². The zero-order valence-corrected chi connectivity index (χ0v) is 11.7. The van der Waals surface area contributed by atoms with E-state index in [1.54, 1.807) is 6.07 Å². The van der Waals surface area contributed by atoms with Crippen LogP contribution in [0.25, 0.3) is 0 Å². The van der Waals surface area contributed by atoms with Crippen LogP contribution >= 0.6 is 11.6 Å². The topological polar surface area (TPSA) is 38.0 Å². The van der Waals surface area contributed by atoms with Crippen molar-refractivity contribution in [2.45, 2.75) is 19.4 Å². The van der Waals surface area contributed by atoms with Crippen molar-refractivity contribution in [3.8, 4) is 0 Å². The fraction of sp³-hybridized carbons (Fsp3) is 0.200. The van der Waals surface area contributed by atoms with Gasteiger partial charge in [-0.1, -0.05) is 35.9 Å². The zero-order valence-electron chi connectivity index (χ0n) is 11.0. The van der Waals surface area contributed by atoms with E-state index >= 15 is 0 Å². The molecule has 0 spiro atoms. The molecule has 2 aromatic carbocycles. The molecular weight excluding hydrogens is 282 g/mol. The maximum Gasteiger partial charge on any atom is 0.129 e. The lowest BCUT2D eigenvalue weighted by Crippen LogP contribution is -2.30. The smallest absolute Gasteiger partial charge is 0.129 e. The normalized spacial score (nSPS) is 12.4. The predicted octanol–water partition coefficient (Wildman–Crippen LogP) is 3.67. The Morgan fingerprint density at radius 2 is 1.75 bits per heavy atom. The number of aryl methyl sites for hydroxylation is 1. The van der Waals surface area contributed by atoms with Crippen LogP contribution in [0.1, 0.15) is 22.7 Å². The van der Waals surface area contributed by atoms with Crippen LogP contribution in [-0.4, -0.2) is 0 Å². The maximum absolute atomic E-state index is 13.7. The average Bonchev–Trinajstić information content (AvgIpc) is 2.42. The fourth-order valence-corrected chi connectivity index (χ4v) is 2.39. The Kier molecular flexibility index (Phi) is 4.70. The molecule has 0 aromatic heterocycles. The molecule has 2 nitrogen and oxygen atoms in total. The van der Waals surface area contributed by atoms with Crippen molar-refractivity contribution in [1.29, 1.82) is 0 Å². The second kappa shape index (κ2) is 6.31. The molecule has 0 amide bonds. The first-order chi connectivity index (χ1) is 9.54. The molecule has 0 aliphatic carbocycles. The Morgan fingerprint density at radius 1 is 1.15 bits per heavy atom. The lowest BCUT2D eigenvalue weighted by atomic mass is 9.97. The quantitative estimate of drug-likeness (QED) is 0.667. The molecule has 0 aliphatic rings. The monoisotopic (exact) mass is 296 g/mol. The van der Waals surface area contributed by atoms with Crippen molar-refractivity contribution < 1.29 is 8.78 Å². The Balaban J connectivity index is 2.37. The Morgan fingerprint density at radius 3 is 2.35 bits per heavy atom. The highest BCUT2D eigenvalue weighted by Gasteiger charge is 2.19. The molecule has 2 rings (SSSR count). The van der Waals surface area contributed by atoms with E-state index in [2.05, 4.69) is 5.43 Å². The molecule has 20 heavy (non-hydrogen) atoms. The standard InChI is InChI=1S/C15H15ClF2N2/c1-9-4-2-5-10(15(9)16)14(20-19)8-11-12(17)6-3-7-13(11)18/h2-7,14,20H,8,19H2,1H3. The third kappa shape index (κ3) is 2.98. The number of hydrogen-bond acceptors (Lipinski definition) is 2. The molecule has 2 aromatic rings. The summed E-state index contributed by atoms with van der Waals surface area (Å²) in [5.41, 5.74) is 4.17. The SMILES string of the molecule is Cc1cccc(C(Cc2c(F)cccc2F)NN)c1Cl. The Bertz CT molecular complexity index is 597. The van der Waals surface area contributed by atoms with Crippen LogP contribution in [0.3, 0.4) is 0 Å². The highest BCUT2D eigenvalue weighted by Crippen LogP contribution is 2.29. The van der Waals surface area contributed by atoms with Gasteiger partial charge in [0.15, 0.2) is 0 Å². The lowest BCUT2D eigenvalue weighted by molar-refractivity contribution is 0.500. The van der Waals surface area contributed by atoms with E-state index in [9.17, 15) is 8.78 Å². The first-order valence-corrected chi connectivity index (χ1v) is 6.56. The van der Waals surface area contributed by atoms with E-state index in [4.69, 9.17) is 17.4 Å². The van der Waals surface area contributed by atoms with E-state index in [-0.39, 0.29) is 12.0 Å². The van der Waals surface area contributed by atoms with E-state index in [1.165, 1.54) is 18.2 Å². The van der Waals surface area contributed by atoms with Crippen LogP contribution in [0.4, 0.5) is 8.78 Å². The Labute approximate surface area is 121 Å². The number of halogens is 3. The van der Waals surface area contributed by atoms with Crippen LogP contribution in [0.5, 0.6) is 0 Å². The minimum Gasteiger partial charge on any atom is -0.271 e. The largest absolute Gasteiger partial charge is 0.271 e. The summed E-state index contributed by atoms with van der Waals surface area (Å²) in [5, 5.41) is 0.548. The molecule has 0 saturated heterocycles. The number of nitrogens with one attached hydrogen (secondary N) is 1. The minimum absolute atomic E-state index is 0.00646. The second-order valence-corrected chi connectivity index (χ2v) is 4.98. The van der Waals surface area contributed by atoms with Gasteiger partial charge < -0.3 is 0 Å². The molecule has 0 fully saturated rings. The molecule has 1 atom stereocenters. The predicted molar refractivity (Wildman–Crippen MR) is 76.3 cm³/mol. The molecule has 0 heterocycles.